The number of hydrogen-bond donors (Lipinski definition) is 2. The monoisotopic (exact) mass is 289 g/mol. The summed E-state index contributed by atoms with van der Waals surface area (Å²) in [5.74, 6) is 0. The summed E-state index contributed by atoms with van der Waals surface area (Å²) in [7, 11) is 0. The Balaban J connectivity index is 2.01. The van der Waals surface area contributed by atoms with Gasteiger partial charge in [0.15, 0.2) is 0 Å². The van der Waals surface area contributed by atoms with Gasteiger partial charge in [-0.15, -0.1) is 11.3 Å². The zero-order chi connectivity index (χ0) is 14.5. The summed E-state index contributed by atoms with van der Waals surface area (Å²) in [6.07, 6.45) is 0.851. The van der Waals surface area contributed by atoms with Gasteiger partial charge in [0.2, 0.25) is 0 Å². The minimum Gasteiger partial charge on any atom is -0.395 e. The molecule has 0 aliphatic heterocycles. The first-order valence-electron chi connectivity index (χ1n) is 7.08. The molecule has 0 spiro atoms. The maximum absolute atomic E-state index is 9.60. The molecule has 2 rings (SSSR count). The van der Waals surface area contributed by atoms with Crippen molar-refractivity contribution in [3.63, 3.8) is 0 Å². The Bertz CT molecular complexity index is 535. The minimum atomic E-state index is 0.0898. The highest BCUT2D eigenvalue weighted by atomic mass is 32.1. The summed E-state index contributed by atoms with van der Waals surface area (Å²) in [5.41, 5.74) is 2.60. The van der Waals surface area contributed by atoms with Crippen molar-refractivity contribution in [2.24, 2.45) is 0 Å². The van der Waals surface area contributed by atoms with Gasteiger partial charge in [-0.2, -0.15) is 0 Å². The summed E-state index contributed by atoms with van der Waals surface area (Å²) < 4.78 is 0. The average Bonchev–Trinajstić information content (AvgIpc) is 2.78. The van der Waals surface area contributed by atoms with Gasteiger partial charge in [0.25, 0.3) is 0 Å². The highest BCUT2D eigenvalue weighted by Crippen LogP contribution is 2.26. The predicted octanol–water partition coefficient (Wildman–Crippen LogP) is 3.62. The Labute approximate surface area is 125 Å². The van der Waals surface area contributed by atoms with Crippen molar-refractivity contribution < 1.29 is 5.11 Å². The van der Waals surface area contributed by atoms with E-state index in [4.69, 9.17) is 0 Å². The number of aliphatic hydroxyl groups is 1. The second-order valence-electron chi connectivity index (χ2n) is 5.33. The fourth-order valence-corrected chi connectivity index (χ4v) is 3.62. The van der Waals surface area contributed by atoms with Gasteiger partial charge in [-0.05, 0) is 44.4 Å². The van der Waals surface area contributed by atoms with Crippen LogP contribution >= 0.6 is 11.3 Å². The molecule has 1 unspecified atom stereocenters. The Morgan fingerprint density at radius 1 is 1.20 bits per heavy atom. The molecule has 108 valence electrons. The summed E-state index contributed by atoms with van der Waals surface area (Å²) >= 11 is 1.83. The van der Waals surface area contributed by atoms with E-state index in [2.05, 4.69) is 44.3 Å². The van der Waals surface area contributed by atoms with Gasteiger partial charge in [0, 0.05) is 21.8 Å². The van der Waals surface area contributed by atoms with Crippen molar-refractivity contribution in [3.8, 4) is 0 Å². The largest absolute Gasteiger partial charge is 0.395 e. The molecule has 2 aromatic rings. The first kappa shape index (κ1) is 15.2. The van der Waals surface area contributed by atoms with E-state index in [1.165, 1.54) is 20.9 Å². The first-order valence-corrected chi connectivity index (χ1v) is 7.89. The van der Waals surface area contributed by atoms with E-state index < -0.39 is 0 Å². The molecule has 2 atom stereocenters. The Kier molecular flexibility index (Phi) is 5.35. The molecule has 0 fully saturated rings. The number of benzene rings is 1. The molecule has 1 heterocycles. The van der Waals surface area contributed by atoms with Crippen molar-refractivity contribution in [2.75, 3.05) is 6.61 Å². The van der Waals surface area contributed by atoms with Gasteiger partial charge in [-0.1, -0.05) is 30.3 Å². The molecule has 3 heteroatoms. The van der Waals surface area contributed by atoms with Gasteiger partial charge < -0.3 is 10.4 Å². The number of aliphatic hydroxyl groups excluding tert-OH is 1. The van der Waals surface area contributed by atoms with E-state index in [9.17, 15) is 5.11 Å². The molecule has 0 saturated heterocycles. The van der Waals surface area contributed by atoms with Crippen molar-refractivity contribution in [1.29, 1.82) is 0 Å². The number of rotatable bonds is 6. The second-order valence-corrected chi connectivity index (χ2v) is 6.79. The van der Waals surface area contributed by atoms with E-state index in [1.54, 1.807) is 0 Å². The summed E-state index contributed by atoms with van der Waals surface area (Å²) in [6.45, 7) is 6.63. The maximum atomic E-state index is 9.60. The highest BCUT2D eigenvalue weighted by Gasteiger charge is 2.16. The van der Waals surface area contributed by atoms with E-state index in [1.807, 2.05) is 29.5 Å². The smallest absolute Gasteiger partial charge is 0.0588 e. The van der Waals surface area contributed by atoms with Crippen LogP contribution in [0.5, 0.6) is 0 Å². The lowest BCUT2D eigenvalue weighted by Gasteiger charge is -2.22. The van der Waals surface area contributed by atoms with Crippen LogP contribution in [0.15, 0.2) is 36.4 Å². The molecule has 1 aromatic carbocycles. The van der Waals surface area contributed by atoms with Crippen LogP contribution in [0.2, 0.25) is 0 Å². The lowest BCUT2D eigenvalue weighted by atomic mass is 10.0. The fraction of sp³-hybridized carbons (Fsp3) is 0.412. The number of aryl methyl sites for hydroxylation is 2. The Morgan fingerprint density at radius 3 is 2.45 bits per heavy atom. The molecule has 2 N–H and O–H groups in total. The SMILES string of the molecule is Cc1cc(C(C)N[C@@H](CO)Cc2ccccc2)c(C)s1. The predicted molar refractivity (Wildman–Crippen MR) is 86.4 cm³/mol. The highest BCUT2D eigenvalue weighted by molar-refractivity contribution is 7.12. The molecule has 0 saturated carbocycles. The summed E-state index contributed by atoms with van der Waals surface area (Å²) in [4.78, 5) is 2.70. The Hall–Kier alpha value is -1.16. The van der Waals surface area contributed by atoms with Gasteiger partial charge in [0.1, 0.15) is 0 Å². The zero-order valence-corrected chi connectivity index (χ0v) is 13.2. The molecule has 0 aliphatic carbocycles. The molecule has 0 radical (unpaired) electrons. The third-order valence-electron chi connectivity index (χ3n) is 3.58. The van der Waals surface area contributed by atoms with Crippen LogP contribution in [-0.4, -0.2) is 17.8 Å². The van der Waals surface area contributed by atoms with Gasteiger partial charge >= 0.3 is 0 Å². The van der Waals surface area contributed by atoms with Gasteiger partial charge in [-0.25, -0.2) is 0 Å². The van der Waals surface area contributed by atoms with Crippen LogP contribution in [0.25, 0.3) is 0 Å². The third-order valence-corrected chi connectivity index (χ3v) is 4.56. The summed E-state index contributed by atoms with van der Waals surface area (Å²) in [5, 5.41) is 13.1. The minimum absolute atomic E-state index is 0.0898. The lowest BCUT2D eigenvalue weighted by Crippen LogP contribution is -2.36. The van der Waals surface area contributed by atoms with Crippen molar-refractivity contribution in [3.05, 3.63) is 57.3 Å². The number of hydrogen-bond acceptors (Lipinski definition) is 3. The quantitative estimate of drug-likeness (QED) is 0.851. The third kappa shape index (κ3) is 3.92. The van der Waals surface area contributed by atoms with Crippen molar-refractivity contribution in [1.82, 2.24) is 5.32 Å². The van der Waals surface area contributed by atoms with Crippen LogP contribution in [-0.2, 0) is 6.42 Å². The molecule has 20 heavy (non-hydrogen) atoms. The first-order chi connectivity index (χ1) is 9.60. The fourth-order valence-electron chi connectivity index (χ4n) is 2.60. The van der Waals surface area contributed by atoms with Crippen LogP contribution < -0.4 is 5.32 Å². The molecule has 0 aliphatic rings. The molecular formula is C17H23NOS. The van der Waals surface area contributed by atoms with Crippen LogP contribution in [0, 0.1) is 13.8 Å². The molecule has 2 nitrogen and oxygen atoms in total. The van der Waals surface area contributed by atoms with Gasteiger partial charge in [0.05, 0.1) is 6.61 Å². The van der Waals surface area contributed by atoms with Crippen molar-refractivity contribution >= 4 is 11.3 Å². The van der Waals surface area contributed by atoms with E-state index in [-0.39, 0.29) is 18.7 Å². The topological polar surface area (TPSA) is 32.3 Å². The number of nitrogens with one attached hydrogen (secondary N) is 1. The van der Waals surface area contributed by atoms with E-state index in [0.29, 0.717) is 0 Å². The van der Waals surface area contributed by atoms with Crippen LogP contribution in [0.1, 0.15) is 33.8 Å². The van der Waals surface area contributed by atoms with E-state index >= 15 is 0 Å². The van der Waals surface area contributed by atoms with Crippen LogP contribution in [0.4, 0.5) is 0 Å². The van der Waals surface area contributed by atoms with Crippen LogP contribution in [0.3, 0.4) is 0 Å². The lowest BCUT2D eigenvalue weighted by molar-refractivity contribution is 0.232. The summed E-state index contributed by atoms with van der Waals surface area (Å²) in [6, 6.07) is 12.9. The normalized spacial score (nSPS) is 14.2. The second kappa shape index (κ2) is 7.02. The maximum Gasteiger partial charge on any atom is 0.0588 e. The van der Waals surface area contributed by atoms with Gasteiger partial charge in [-0.3, -0.25) is 0 Å². The molecular weight excluding hydrogens is 266 g/mol. The number of thiophene rings is 1. The average molecular weight is 289 g/mol. The molecule has 1 aromatic heterocycles. The zero-order valence-electron chi connectivity index (χ0n) is 12.4. The van der Waals surface area contributed by atoms with E-state index in [0.717, 1.165) is 6.42 Å². The molecule has 0 amide bonds. The Morgan fingerprint density at radius 2 is 1.90 bits per heavy atom. The standard InChI is InChI=1S/C17H23NOS/c1-12-9-17(14(3)20-12)13(2)18-16(11-19)10-15-7-5-4-6-8-15/h4-9,13,16,18-19H,10-11H2,1-3H3/t13?,16-/m1/s1. The van der Waals surface area contributed by atoms with Crippen molar-refractivity contribution in [2.45, 2.75) is 39.3 Å². The molecule has 0 bridgehead atoms.